The first-order valence-electron chi connectivity index (χ1n) is 7.14. The predicted molar refractivity (Wildman–Crippen MR) is 86.1 cm³/mol. The van der Waals surface area contributed by atoms with Crippen molar-refractivity contribution >= 4 is 11.6 Å². The zero-order valence-electron chi connectivity index (χ0n) is 13.4. The molecule has 0 fully saturated rings. The van der Waals surface area contributed by atoms with E-state index >= 15 is 0 Å². The number of benzene rings is 1. The molecule has 1 unspecified atom stereocenters. The Bertz CT molecular complexity index is 659. The molecule has 1 amide bonds. The molecule has 0 saturated heterocycles. The summed E-state index contributed by atoms with van der Waals surface area (Å²) >= 11 is 0. The zero-order valence-corrected chi connectivity index (χ0v) is 13.4. The monoisotopic (exact) mass is 302 g/mol. The van der Waals surface area contributed by atoms with Crippen LogP contribution in [0.2, 0.25) is 0 Å². The van der Waals surface area contributed by atoms with Crippen molar-refractivity contribution < 1.29 is 14.3 Å². The van der Waals surface area contributed by atoms with Gasteiger partial charge in [0.1, 0.15) is 17.1 Å². The molecule has 22 heavy (non-hydrogen) atoms. The van der Waals surface area contributed by atoms with Gasteiger partial charge in [-0.05, 0) is 44.2 Å². The van der Waals surface area contributed by atoms with Crippen LogP contribution in [0.3, 0.4) is 0 Å². The highest BCUT2D eigenvalue weighted by molar-refractivity contribution is 5.95. The average molecular weight is 302 g/mol. The molecule has 2 aromatic rings. The second-order valence-electron chi connectivity index (χ2n) is 5.81. The van der Waals surface area contributed by atoms with E-state index in [1.165, 1.54) is 0 Å². The summed E-state index contributed by atoms with van der Waals surface area (Å²) in [5.41, 5.74) is 0.252. The summed E-state index contributed by atoms with van der Waals surface area (Å²) in [7, 11) is 3.84. The summed E-state index contributed by atoms with van der Waals surface area (Å²) in [5, 5.41) is 13.2. The van der Waals surface area contributed by atoms with E-state index in [-0.39, 0.29) is 12.5 Å². The lowest BCUT2D eigenvalue weighted by Crippen LogP contribution is -2.38. The van der Waals surface area contributed by atoms with Crippen LogP contribution in [-0.4, -0.2) is 31.7 Å². The summed E-state index contributed by atoms with van der Waals surface area (Å²) in [6, 6.07) is 10.8. The van der Waals surface area contributed by atoms with Crippen molar-refractivity contribution in [3.63, 3.8) is 0 Å². The van der Waals surface area contributed by atoms with E-state index in [2.05, 4.69) is 5.32 Å². The van der Waals surface area contributed by atoms with E-state index in [0.29, 0.717) is 11.3 Å². The van der Waals surface area contributed by atoms with Crippen LogP contribution in [0.1, 0.15) is 28.8 Å². The van der Waals surface area contributed by atoms with Gasteiger partial charge in [0.05, 0.1) is 6.54 Å². The fourth-order valence-corrected chi connectivity index (χ4v) is 2.09. The quantitative estimate of drug-likeness (QED) is 0.889. The molecule has 2 rings (SSSR count). The third-order valence-corrected chi connectivity index (χ3v) is 3.49. The second-order valence-corrected chi connectivity index (χ2v) is 5.81. The smallest absolute Gasteiger partial charge is 0.251 e. The molecule has 0 saturated carbocycles. The van der Waals surface area contributed by atoms with Crippen LogP contribution < -0.4 is 10.2 Å². The first-order valence-corrected chi connectivity index (χ1v) is 7.14. The maximum atomic E-state index is 12.2. The number of hydrogen-bond donors (Lipinski definition) is 2. The van der Waals surface area contributed by atoms with Crippen molar-refractivity contribution in [3.8, 4) is 0 Å². The van der Waals surface area contributed by atoms with Crippen LogP contribution in [0.5, 0.6) is 0 Å². The molecule has 2 N–H and O–H groups in total. The predicted octanol–water partition coefficient (Wildman–Crippen LogP) is 2.29. The maximum absolute atomic E-state index is 12.2. The molecular weight excluding hydrogens is 280 g/mol. The molecule has 1 heterocycles. The third kappa shape index (κ3) is 3.68. The number of rotatable bonds is 5. The molecule has 1 aromatic heterocycles. The minimum Gasteiger partial charge on any atom is -0.463 e. The van der Waals surface area contributed by atoms with Gasteiger partial charge >= 0.3 is 0 Å². The number of carbonyl (C=O) groups excluding carboxylic acids is 1. The van der Waals surface area contributed by atoms with Crippen molar-refractivity contribution in [1.29, 1.82) is 0 Å². The van der Waals surface area contributed by atoms with Crippen LogP contribution in [0, 0.1) is 6.92 Å². The second kappa shape index (κ2) is 6.23. The molecule has 0 bridgehead atoms. The molecule has 5 heteroatoms. The minimum absolute atomic E-state index is 0.0744. The highest BCUT2D eigenvalue weighted by atomic mass is 16.4. The number of hydrogen-bond acceptors (Lipinski definition) is 4. The lowest BCUT2D eigenvalue weighted by atomic mass is 10.0. The molecule has 0 aliphatic carbocycles. The highest BCUT2D eigenvalue weighted by Gasteiger charge is 2.27. The van der Waals surface area contributed by atoms with E-state index in [4.69, 9.17) is 4.42 Å². The van der Waals surface area contributed by atoms with Gasteiger partial charge in [-0.1, -0.05) is 6.07 Å². The number of nitrogens with zero attached hydrogens (tertiary/aromatic N) is 1. The maximum Gasteiger partial charge on any atom is 0.251 e. The van der Waals surface area contributed by atoms with E-state index in [9.17, 15) is 9.90 Å². The van der Waals surface area contributed by atoms with Gasteiger partial charge in [-0.3, -0.25) is 4.79 Å². The normalized spacial score (nSPS) is 13.5. The fourth-order valence-electron chi connectivity index (χ4n) is 2.09. The molecule has 0 aliphatic heterocycles. The Balaban J connectivity index is 2.05. The summed E-state index contributed by atoms with van der Waals surface area (Å²) in [5.74, 6) is 0.930. The van der Waals surface area contributed by atoms with Gasteiger partial charge in [0.25, 0.3) is 5.91 Å². The van der Waals surface area contributed by atoms with Gasteiger partial charge in [0.2, 0.25) is 0 Å². The highest BCUT2D eigenvalue weighted by Crippen LogP contribution is 2.22. The number of carbonyl (C=O) groups is 1. The van der Waals surface area contributed by atoms with Crippen LogP contribution >= 0.6 is 0 Å². The topological polar surface area (TPSA) is 65.7 Å². The van der Waals surface area contributed by atoms with E-state index in [1.807, 2.05) is 38.1 Å². The van der Waals surface area contributed by atoms with Crippen molar-refractivity contribution in [1.82, 2.24) is 5.32 Å². The minimum atomic E-state index is -1.25. The Kier molecular flexibility index (Phi) is 4.56. The van der Waals surface area contributed by atoms with Crippen molar-refractivity contribution in [2.45, 2.75) is 19.4 Å². The van der Waals surface area contributed by atoms with Crippen LogP contribution in [-0.2, 0) is 5.60 Å². The van der Waals surface area contributed by atoms with Crippen molar-refractivity contribution in [2.75, 3.05) is 25.5 Å². The number of furan rings is 1. The van der Waals surface area contributed by atoms with Crippen molar-refractivity contribution in [3.05, 3.63) is 53.5 Å². The molecule has 5 nitrogen and oxygen atoms in total. The van der Waals surface area contributed by atoms with Gasteiger partial charge in [-0.25, -0.2) is 0 Å². The number of nitrogens with one attached hydrogen (secondary N) is 1. The van der Waals surface area contributed by atoms with Crippen molar-refractivity contribution in [2.24, 2.45) is 0 Å². The largest absolute Gasteiger partial charge is 0.463 e. The van der Waals surface area contributed by atoms with Crippen LogP contribution in [0.25, 0.3) is 0 Å². The molecular formula is C17H22N2O3. The van der Waals surface area contributed by atoms with Gasteiger partial charge in [0, 0.05) is 25.3 Å². The number of aliphatic hydroxyl groups is 1. The summed E-state index contributed by atoms with van der Waals surface area (Å²) in [6.45, 7) is 3.50. The van der Waals surface area contributed by atoms with E-state index in [1.54, 1.807) is 31.2 Å². The first kappa shape index (κ1) is 16.1. The van der Waals surface area contributed by atoms with Gasteiger partial charge in [-0.15, -0.1) is 0 Å². The number of anilines is 1. The first-order chi connectivity index (χ1) is 10.3. The fraction of sp³-hybridized carbons (Fsp3) is 0.353. The Hall–Kier alpha value is -2.27. The van der Waals surface area contributed by atoms with Crippen LogP contribution in [0.4, 0.5) is 5.69 Å². The summed E-state index contributed by atoms with van der Waals surface area (Å²) in [4.78, 5) is 14.2. The van der Waals surface area contributed by atoms with E-state index in [0.717, 1.165) is 11.4 Å². The molecule has 1 aromatic carbocycles. The van der Waals surface area contributed by atoms with E-state index < -0.39 is 5.60 Å². The summed E-state index contributed by atoms with van der Waals surface area (Å²) < 4.78 is 5.43. The van der Waals surface area contributed by atoms with Crippen LogP contribution in [0.15, 0.2) is 40.8 Å². The lowest BCUT2D eigenvalue weighted by molar-refractivity contribution is 0.0323. The standard InChI is InChI=1S/C17H22N2O3/c1-12-8-9-15(22-12)17(2,21)11-18-16(20)13-6-5-7-14(10-13)19(3)4/h5-10,21H,11H2,1-4H3,(H,18,20). The van der Waals surface area contributed by atoms with Gasteiger partial charge in [0.15, 0.2) is 0 Å². The summed E-state index contributed by atoms with van der Waals surface area (Å²) in [6.07, 6.45) is 0. The zero-order chi connectivity index (χ0) is 16.3. The molecule has 0 aliphatic rings. The Morgan fingerprint density at radius 2 is 2.05 bits per heavy atom. The average Bonchev–Trinajstić information content (AvgIpc) is 2.92. The SMILES string of the molecule is Cc1ccc(C(C)(O)CNC(=O)c2cccc(N(C)C)c2)o1. The van der Waals surface area contributed by atoms with Gasteiger partial charge < -0.3 is 19.7 Å². The molecule has 118 valence electrons. The Morgan fingerprint density at radius 1 is 1.32 bits per heavy atom. The number of aryl methyl sites for hydroxylation is 1. The molecule has 0 spiro atoms. The Morgan fingerprint density at radius 3 is 2.64 bits per heavy atom. The molecule has 0 radical (unpaired) electrons. The van der Waals surface area contributed by atoms with Gasteiger partial charge in [-0.2, -0.15) is 0 Å². The third-order valence-electron chi connectivity index (χ3n) is 3.49. The lowest BCUT2D eigenvalue weighted by Gasteiger charge is -2.21. The Labute approximate surface area is 130 Å². The number of amides is 1. The molecule has 1 atom stereocenters.